The minimum atomic E-state index is -0.725. The summed E-state index contributed by atoms with van der Waals surface area (Å²) < 4.78 is 8.32. The number of ether oxygens (including phenoxy) is 1. The Kier molecular flexibility index (Phi) is 9.33. The van der Waals surface area contributed by atoms with E-state index in [9.17, 15) is 14.4 Å². The van der Waals surface area contributed by atoms with Crippen LogP contribution in [0.25, 0.3) is 5.65 Å². The Labute approximate surface area is 227 Å². The first-order valence-corrected chi connectivity index (χ1v) is 13.1. The summed E-state index contributed by atoms with van der Waals surface area (Å²) in [7, 11) is 1.51. The summed E-state index contributed by atoms with van der Waals surface area (Å²) in [4.78, 5) is 43.0. The maximum atomic E-state index is 12.8. The quantitative estimate of drug-likeness (QED) is 0.437. The van der Waals surface area contributed by atoms with Crippen LogP contribution in [0.1, 0.15) is 83.1 Å². The highest BCUT2D eigenvalue weighted by Crippen LogP contribution is 2.24. The van der Waals surface area contributed by atoms with Gasteiger partial charge in [-0.05, 0) is 59.6 Å². The molecule has 0 spiro atoms. The molecule has 0 saturated heterocycles. The molecule has 1 fully saturated rings. The van der Waals surface area contributed by atoms with Crippen molar-refractivity contribution >= 4 is 35.0 Å². The molecule has 1 saturated carbocycles. The molecule has 0 radical (unpaired) electrons. The van der Waals surface area contributed by atoms with Crippen LogP contribution in [0.15, 0.2) is 35.4 Å². The number of aliphatic hydroxyl groups is 1. The van der Waals surface area contributed by atoms with Gasteiger partial charge >= 0.3 is 6.09 Å². The Morgan fingerprint density at radius 1 is 1.23 bits per heavy atom. The molecule has 4 rings (SSSR count). The van der Waals surface area contributed by atoms with Crippen LogP contribution < -0.4 is 21.5 Å². The molecule has 212 valence electrons. The number of hydrogen-bond acceptors (Lipinski definition) is 8. The fourth-order valence-electron chi connectivity index (χ4n) is 4.08. The number of hydrogen-bond donors (Lipinski definition) is 3. The van der Waals surface area contributed by atoms with E-state index in [1.165, 1.54) is 48.0 Å². The number of fused-ring (bicyclic) bond motifs is 1. The van der Waals surface area contributed by atoms with Crippen LogP contribution in [0.5, 0.6) is 0 Å². The average Bonchev–Trinajstić information content (AvgIpc) is 3.28. The van der Waals surface area contributed by atoms with Gasteiger partial charge in [0.05, 0.1) is 12.3 Å². The van der Waals surface area contributed by atoms with Gasteiger partial charge in [0, 0.05) is 25.4 Å². The van der Waals surface area contributed by atoms with Gasteiger partial charge in [0.2, 0.25) is 0 Å². The number of pyridine rings is 1. The molecule has 12 nitrogen and oxygen atoms in total. The second-order valence-electron chi connectivity index (χ2n) is 10.8. The summed E-state index contributed by atoms with van der Waals surface area (Å²) in [5.74, 6) is -0.235. The molecule has 2 amide bonds. The first-order valence-electron chi connectivity index (χ1n) is 13.1. The third-order valence-corrected chi connectivity index (χ3v) is 6.10. The largest absolute Gasteiger partial charge is 0.443 e. The molecule has 0 aromatic carbocycles. The van der Waals surface area contributed by atoms with Gasteiger partial charge < -0.3 is 25.5 Å². The summed E-state index contributed by atoms with van der Waals surface area (Å²) in [5, 5.41) is 16.0. The average molecular weight is 542 g/mol. The highest BCUT2D eigenvalue weighted by molar-refractivity contribution is 5.99. The van der Waals surface area contributed by atoms with Gasteiger partial charge in [-0.3, -0.25) is 14.5 Å². The highest BCUT2D eigenvalue weighted by atomic mass is 16.6. The van der Waals surface area contributed by atoms with E-state index in [0.29, 0.717) is 0 Å². The third kappa shape index (κ3) is 7.56. The molecular formula is C27H39N7O5. The monoisotopic (exact) mass is 541 g/mol. The predicted molar refractivity (Wildman–Crippen MR) is 150 cm³/mol. The molecule has 0 atom stereocenters. The summed E-state index contributed by atoms with van der Waals surface area (Å²) >= 11 is 0. The van der Waals surface area contributed by atoms with Crippen LogP contribution in [-0.4, -0.2) is 55.0 Å². The summed E-state index contributed by atoms with van der Waals surface area (Å²) in [6.45, 7) is 9.05. The van der Waals surface area contributed by atoms with Crippen molar-refractivity contribution in [2.24, 2.45) is 5.73 Å². The Morgan fingerprint density at radius 3 is 2.44 bits per heavy atom. The molecule has 1 aliphatic carbocycles. The smallest absolute Gasteiger partial charge is 0.415 e. The molecule has 4 N–H and O–H groups in total. The van der Waals surface area contributed by atoms with Crippen LogP contribution in [0.2, 0.25) is 0 Å². The molecule has 1 aliphatic rings. The van der Waals surface area contributed by atoms with E-state index in [1.54, 1.807) is 43.7 Å². The highest BCUT2D eigenvalue weighted by Gasteiger charge is 2.25. The normalized spacial score (nSPS) is 14.1. The molecule has 12 heteroatoms. The molecule has 3 aromatic rings. The maximum Gasteiger partial charge on any atom is 0.415 e. The minimum absolute atomic E-state index is 0.0359. The zero-order valence-electron chi connectivity index (χ0n) is 23.5. The predicted octanol–water partition coefficient (Wildman–Crippen LogP) is 4.00. The van der Waals surface area contributed by atoms with Crippen molar-refractivity contribution in [3.8, 4) is 0 Å². The molecular weight excluding hydrogens is 502 g/mol. The van der Waals surface area contributed by atoms with Gasteiger partial charge in [-0.15, -0.1) is 0 Å². The van der Waals surface area contributed by atoms with E-state index in [0.717, 1.165) is 12.8 Å². The van der Waals surface area contributed by atoms with E-state index in [2.05, 4.69) is 15.4 Å². The maximum absolute atomic E-state index is 12.8. The SMILES string of the molecule is CC(C)n1cccc(Nc2cc(N(C)C(=O)OC(C)(C)C)n3ncc(C(N)=O)c3n2)c1=O.OC1CCCCC1. The minimum Gasteiger partial charge on any atom is -0.443 e. The van der Waals surface area contributed by atoms with E-state index < -0.39 is 17.6 Å². The number of primary amides is 1. The Hall–Kier alpha value is -3.93. The lowest BCUT2D eigenvalue weighted by Gasteiger charge is -2.25. The number of rotatable bonds is 5. The van der Waals surface area contributed by atoms with Crippen LogP contribution in [0.4, 0.5) is 22.1 Å². The zero-order chi connectivity index (χ0) is 28.9. The number of carbonyl (C=O) groups is 2. The first-order chi connectivity index (χ1) is 18.3. The summed E-state index contributed by atoms with van der Waals surface area (Å²) in [6, 6.07) is 4.85. The van der Waals surface area contributed by atoms with Gasteiger partial charge in [-0.25, -0.2) is 9.78 Å². The first kappa shape index (κ1) is 29.6. The van der Waals surface area contributed by atoms with Gasteiger partial charge in [0.15, 0.2) is 5.65 Å². The van der Waals surface area contributed by atoms with Gasteiger partial charge in [-0.2, -0.15) is 9.61 Å². The Balaban J connectivity index is 0.000000520. The standard InChI is InChI=1S/C21H27N7O4.C6H12O/c1-12(2)27-9-7-8-14(19(27)30)24-15-10-16(26(6)20(31)32-21(3,4)5)28-18(25-15)13(11-23-28)17(22)29;7-6-4-2-1-3-5-6/h7-12H,1-6H3,(H2,22,29)(H,24,25);6-7H,1-5H2. The van der Waals surface area contributed by atoms with Crippen molar-refractivity contribution in [3.05, 3.63) is 46.5 Å². The van der Waals surface area contributed by atoms with Crippen molar-refractivity contribution in [1.82, 2.24) is 19.2 Å². The van der Waals surface area contributed by atoms with Crippen LogP contribution in [0, 0.1) is 0 Å². The van der Waals surface area contributed by atoms with E-state index in [-0.39, 0.29) is 46.2 Å². The molecule has 3 aromatic heterocycles. The van der Waals surface area contributed by atoms with E-state index in [4.69, 9.17) is 15.6 Å². The van der Waals surface area contributed by atoms with E-state index in [1.807, 2.05) is 13.8 Å². The fourth-order valence-corrected chi connectivity index (χ4v) is 4.08. The molecule has 3 heterocycles. The van der Waals surface area contributed by atoms with Crippen molar-refractivity contribution < 1.29 is 19.4 Å². The van der Waals surface area contributed by atoms with Crippen molar-refractivity contribution in [2.75, 3.05) is 17.3 Å². The lowest BCUT2D eigenvalue weighted by molar-refractivity contribution is 0.0587. The topological polar surface area (TPSA) is 157 Å². The summed E-state index contributed by atoms with van der Waals surface area (Å²) in [5.41, 5.74) is 4.99. The molecule has 39 heavy (non-hydrogen) atoms. The number of nitrogens with two attached hydrogens (primary N) is 1. The van der Waals surface area contributed by atoms with Gasteiger partial charge in [0.25, 0.3) is 11.5 Å². The molecule has 0 aliphatic heterocycles. The number of aromatic nitrogens is 4. The third-order valence-electron chi connectivity index (χ3n) is 6.10. The Morgan fingerprint density at radius 2 is 1.90 bits per heavy atom. The fraction of sp³-hybridized carbons (Fsp3) is 0.519. The lowest BCUT2D eigenvalue weighted by Crippen LogP contribution is -2.35. The number of carbonyl (C=O) groups excluding carboxylic acids is 2. The van der Waals surface area contributed by atoms with Crippen molar-refractivity contribution in [1.29, 1.82) is 0 Å². The Bertz CT molecular complexity index is 1370. The number of nitrogens with zero attached hydrogens (tertiary/aromatic N) is 5. The van der Waals surface area contributed by atoms with E-state index >= 15 is 0 Å². The summed E-state index contributed by atoms with van der Waals surface area (Å²) in [6.07, 6.45) is 8.26. The second-order valence-corrected chi connectivity index (χ2v) is 10.8. The van der Waals surface area contributed by atoms with Gasteiger partial charge in [-0.1, -0.05) is 19.3 Å². The van der Waals surface area contributed by atoms with Crippen LogP contribution in [0.3, 0.4) is 0 Å². The molecule has 0 unspecified atom stereocenters. The number of amides is 2. The van der Waals surface area contributed by atoms with Crippen molar-refractivity contribution in [2.45, 2.75) is 84.5 Å². The van der Waals surface area contributed by atoms with Crippen LogP contribution in [-0.2, 0) is 4.74 Å². The zero-order valence-corrected chi connectivity index (χ0v) is 23.5. The van der Waals surface area contributed by atoms with Crippen LogP contribution >= 0.6 is 0 Å². The van der Waals surface area contributed by atoms with Gasteiger partial charge in [0.1, 0.15) is 28.5 Å². The second kappa shape index (κ2) is 12.3. The number of aliphatic hydroxyl groups excluding tert-OH is 1. The number of nitrogens with one attached hydrogen (secondary N) is 1. The lowest BCUT2D eigenvalue weighted by atomic mass is 9.98. The number of anilines is 3. The molecule has 0 bridgehead atoms. The van der Waals surface area contributed by atoms with Crippen molar-refractivity contribution in [3.63, 3.8) is 0 Å².